The maximum atomic E-state index is 14.9. The van der Waals surface area contributed by atoms with Gasteiger partial charge in [0.1, 0.15) is 42.3 Å². The van der Waals surface area contributed by atoms with E-state index in [4.69, 9.17) is 9.47 Å². The molecule has 2 aliphatic rings. The average molecular weight is 606 g/mol. The van der Waals surface area contributed by atoms with E-state index in [1.54, 1.807) is 42.5 Å². The van der Waals surface area contributed by atoms with Gasteiger partial charge in [0, 0.05) is 37.3 Å². The van der Waals surface area contributed by atoms with Gasteiger partial charge in [-0.15, -0.1) is 0 Å². The van der Waals surface area contributed by atoms with Crippen LogP contribution in [0.5, 0.6) is 11.5 Å². The number of hydrogen-bond acceptors (Lipinski definition) is 10. The number of amides is 1. The third kappa shape index (κ3) is 7.27. The normalized spacial score (nSPS) is 22.8. The largest absolute Gasteiger partial charge is 0.487 e. The first-order chi connectivity index (χ1) is 21.2. The van der Waals surface area contributed by atoms with Crippen LogP contribution in [0.25, 0.3) is 11.4 Å². The molecule has 2 saturated heterocycles. The number of anilines is 2. The van der Waals surface area contributed by atoms with Crippen LogP contribution < -0.4 is 14.8 Å². The Morgan fingerprint density at radius 3 is 2.55 bits per heavy atom. The van der Waals surface area contributed by atoms with E-state index in [1.165, 1.54) is 11.2 Å². The second-order valence-corrected chi connectivity index (χ2v) is 10.8. The Morgan fingerprint density at radius 1 is 1.11 bits per heavy atom. The number of carbonyl (C=O) groups is 1. The molecule has 11 nitrogen and oxygen atoms in total. The number of aliphatic hydroxyl groups is 1. The Bertz CT molecular complexity index is 1520. The highest BCUT2D eigenvalue weighted by Crippen LogP contribution is 2.29. The Hall–Kier alpha value is -4.67. The van der Waals surface area contributed by atoms with E-state index in [2.05, 4.69) is 32.9 Å². The van der Waals surface area contributed by atoms with E-state index in [0.29, 0.717) is 35.8 Å². The van der Waals surface area contributed by atoms with Crippen LogP contribution in [0.1, 0.15) is 18.4 Å². The third-order valence-electron chi connectivity index (χ3n) is 7.56. The van der Waals surface area contributed by atoms with Crippen LogP contribution >= 0.6 is 0 Å². The lowest BCUT2D eigenvalue weighted by atomic mass is 10.0. The summed E-state index contributed by atoms with van der Waals surface area (Å²) in [6.07, 6.45) is -2.06. The van der Waals surface area contributed by atoms with Gasteiger partial charge >= 0.3 is 0 Å². The summed E-state index contributed by atoms with van der Waals surface area (Å²) in [6.45, 7) is 4.47. The summed E-state index contributed by atoms with van der Waals surface area (Å²) in [5, 5.41) is 22.6. The summed E-state index contributed by atoms with van der Waals surface area (Å²) in [6, 6.07) is 13.9. The minimum Gasteiger partial charge on any atom is -0.487 e. The van der Waals surface area contributed by atoms with E-state index in [1.807, 2.05) is 11.9 Å². The lowest BCUT2D eigenvalue weighted by molar-refractivity contribution is -0.141. The highest BCUT2D eigenvalue weighted by atomic mass is 19.1. The summed E-state index contributed by atoms with van der Waals surface area (Å²) in [4.78, 5) is 28.2. The zero-order valence-corrected chi connectivity index (χ0v) is 24.1. The molecular formula is C31H33F2N7O4. The van der Waals surface area contributed by atoms with Crippen molar-refractivity contribution >= 4 is 17.5 Å². The Labute approximate surface area is 253 Å². The van der Waals surface area contributed by atoms with Gasteiger partial charge in [0.25, 0.3) is 5.91 Å². The first-order valence-corrected chi connectivity index (χ1v) is 14.2. The molecule has 13 heteroatoms. The molecule has 2 aromatic carbocycles. The molecule has 0 aliphatic carbocycles. The summed E-state index contributed by atoms with van der Waals surface area (Å²) in [5.41, 5.74) is 1.38. The number of benzene rings is 2. The topological polar surface area (TPSA) is 137 Å². The third-order valence-corrected chi connectivity index (χ3v) is 7.56. The number of halogens is 2. The number of likely N-dealkylation sites (tertiary alicyclic amines) is 2. The number of aliphatic hydroxyl groups excluding tert-OH is 1. The number of ether oxygens (including phenoxy) is 2. The van der Waals surface area contributed by atoms with Crippen LogP contribution in [0.15, 0.2) is 61.4 Å². The maximum absolute atomic E-state index is 14.9. The number of rotatable bonds is 9. The number of carbonyl (C=O) groups excluding carboxylic acids is 1. The second kappa shape index (κ2) is 13.7. The smallest absolute Gasteiger partial charge is 0.255 e. The lowest BCUT2D eigenvalue weighted by Gasteiger charge is -2.35. The molecule has 0 unspecified atom stereocenters. The number of aromatic nitrogens is 3. The molecule has 44 heavy (non-hydrogen) atoms. The molecule has 3 heterocycles. The van der Waals surface area contributed by atoms with Gasteiger partial charge in [0.15, 0.2) is 18.1 Å². The van der Waals surface area contributed by atoms with Crippen LogP contribution in [-0.2, 0) is 4.79 Å². The highest BCUT2D eigenvalue weighted by molar-refractivity contribution is 5.82. The van der Waals surface area contributed by atoms with Gasteiger partial charge in [-0.1, -0.05) is 12.7 Å². The average Bonchev–Trinajstić information content (AvgIpc) is 3.03. The van der Waals surface area contributed by atoms with Crippen molar-refractivity contribution in [3.8, 4) is 29.0 Å². The van der Waals surface area contributed by atoms with E-state index >= 15 is 0 Å². The van der Waals surface area contributed by atoms with Crippen LogP contribution in [-0.4, -0.2) is 99.6 Å². The fourth-order valence-electron chi connectivity index (χ4n) is 5.11. The SMILES string of the molecule is C=C[C@H](O)C(=O)N1CC[C@H](Oc2ccc(-c3ncnc(Nc4ccc(O[C@H]5CCN(C)C[C@H]5F)cc4)n3)cc2C#N)[C@H](F)C1. The molecule has 1 amide bonds. The van der Waals surface area contributed by atoms with E-state index < -0.39 is 36.6 Å². The van der Waals surface area contributed by atoms with E-state index in [-0.39, 0.29) is 36.8 Å². The van der Waals surface area contributed by atoms with Crippen molar-refractivity contribution in [3.63, 3.8) is 0 Å². The summed E-state index contributed by atoms with van der Waals surface area (Å²) >= 11 is 0. The molecule has 0 spiro atoms. The molecular weight excluding hydrogens is 572 g/mol. The number of piperidine rings is 2. The Balaban J connectivity index is 1.21. The van der Waals surface area contributed by atoms with Gasteiger partial charge in [0.2, 0.25) is 5.95 Å². The van der Waals surface area contributed by atoms with Gasteiger partial charge in [-0.05, 0) is 55.9 Å². The molecule has 1 aromatic heterocycles. The highest BCUT2D eigenvalue weighted by Gasteiger charge is 2.35. The number of hydrogen-bond donors (Lipinski definition) is 2. The quantitative estimate of drug-likeness (QED) is 0.349. The summed E-state index contributed by atoms with van der Waals surface area (Å²) in [7, 11) is 1.89. The number of alkyl halides is 2. The summed E-state index contributed by atoms with van der Waals surface area (Å²) < 4.78 is 40.9. The fraction of sp³-hybridized carbons (Fsp3) is 0.387. The molecule has 2 N–H and O–H groups in total. The van der Waals surface area contributed by atoms with Gasteiger partial charge in [-0.2, -0.15) is 10.2 Å². The Morgan fingerprint density at radius 2 is 1.84 bits per heavy atom. The zero-order chi connectivity index (χ0) is 31.2. The molecule has 0 saturated carbocycles. The second-order valence-electron chi connectivity index (χ2n) is 10.8. The molecule has 230 valence electrons. The maximum Gasteiger partial charge on any atom is 0.255 e. The van der Waals surface area contributed by atoms with Crippen molar-refractivity contribution in [1.82, 2.24) is 24.8 Å². The minimum absolute atomic E-state index is 0.168. The number of nitriles is 1. The number of nitrogens with zero attached hydrogens (tertiary/aromatic N) is 6. The fourth-order valence-corrected chi connectivity index (χ4v) is 5.11. The molecule has 5 rings (SSSR count). The van der Waals surface area contributed by atoms with E-state index in [0.717, 1.165) is 12.6 Å². The van der Waals surface area contributed by atoms with Gasteiger partial charge in [0.05, 0.1) is 12.1 Å². The molecule has 0 bridgehead atoms. The van der Waals surface area contributed by atoms with Crippen LogP contribution in [0.3, 0.4) is 0 Å². The van der Waals surface area contributed by atoms with Crippen molar-refractivity contribution in [2.45, 2.75) is 43.5 Å². The van der Waals surface area contributed by atoms with E-state index in [9.17, 15) is 23.9 Å². The predicted molar refractivity (Wildman–Crippen MR) is 158 cm³/mol. The van der Waals surface area contributed by atoms with Crippen LogP contribution in [0.2, 0.25) is 0 Å². The molecule has 3 aromatic rings. The minimum atomic E-state index is -1.51. The van der Waals surface area contributed by atoms with Gasteiger partial charge in [-0.3, -0.25) is 4.79 Å². The molecule has 2 aliphatic heterocycles. The van der Waals surface area contributed by atoms with Crippen LogP contribution in [0.4, 0.5) is 20.4 Å². The zero-order valence-electron chi connectivity index (χ0n) is 24.1. The van der Waals surface area contributed by atoms with Crippen molar-refractivity contribution in [1.29, 1.82) is 5.26 Å². The molecule has 5 atom stereocenters. The molecule has 0 radical (unpaired) electrons. The predicted octanol–water partition coefficient (Wildman–Crippen LogP) is 3.44. The number of nitrogens with one attached hydrogen (secondary N) is 1. The Kier molecular flexibility index (Phi) is 9.62. The van der Waals surface area contributed by atoms with Crippen LogP contribution in [0, 0.1) is 11.3 Å². The van der Waals surface area contributed by atoms with Crippen molar-refractivity contribution in [3.05, 3.63) is 67.0 Å². The first kappa shape index (κ1) is 30.8. The molecule has 2 fully saturated rings. The first-order valence-electron chi connectivity index (χ1n) is 14.2. The summed E-state index contributed by atoms with van der Waals surface area (Å²) in [5.74, 6) is 0.728. The van der Waals surface area contributed by atoms with Crippen molar-refractivity contribution < 1.29 is 28.2 Å². The lowest BCUT2D eigenvalue weighted by Crippen LogP contribution is -2.51. The van der Waals surface area contributed by atoms with Crippen molar-refractivity contribution in [2.24, 2.45) is 0 Å². The standard InChI is InChI=1S/C31H33F2N7O4/c1-3-25(41)30(42)40-13-11-28(24(33)17-40)44-26-9-4-19(14-20(26)15-34)29-35-18-36-31(38-29)37-21-5-7-22(8-6-21)43-27-10-12-39(2)16-23(27)32/h3-9,14,18,23-25,27-28,41H,1,10-13,16-17H2,2H3,(H,35,36,37,38)/t23-,24-,25+,27+,28+/m1/s1. The van der Waals surface area contributed by atoms with Crippen molar-refractivity contribution in [2.75, 3.05) is 38.5 Å². The van der Waals surface area contributed by atoms with Gasteiger partial charge < -0.3 is 29.7 Å². The van der Waals surface area contributed by atoms with Gasteiger partial charge in [-0.25, -0.2) is 18.7 Å². The monoisotopic (exact) mass is 605 g/mol.